The predicted octanol–water partition coefficient (Wildman–Crippen LogP) is 4.01. The molecule has 1 saturated heterocycles. The summed E-state index contributed by atoms with van der Waals surface area (Å²) in [6, 6.07) is 12.8. The smallest absolute Gasteiger partial charge is 0.489 e. The molecule has 1 heterocycles. The van der Waals surface area contributed by atoms with Crippen LogP contribution in [0, 0.1) is 12.7 Å². The van der Waals surface area contributed by atoms with Crippen LogP contribution < -0.4 is 10.2 Å². The molecule has 132 valence electrons. The van der Waals surface area contributed by atoms with Crippen LogP contribution in [0.5, 0.6) is 5.75 Å². The van der Waals surface area contributed by atoms with Gasteiger partial charge in [-0.3, -0.25) is 0 Å². The van der Waals surface area contributed by atoms with Gasteiger partial charge in [0.2, 0.25) is 0 Å². The molecule has 25 heavy (non-hydrogen) atoms. The van der Waals surface area contributed by atoms with Crippen molar-refractivity contribution in [1.82, 2.24) is 0 Å². The molecule has 2 aromatic rings. The molecule has 3 nitrogen and oxygen atoms in total. The second-order valence-electron chi connectivity index (χ2n) is 7.49. The summed E-state index contributed by atoms with van der Waals surface area (Å²) in [7, 11) is -0.713. The van der Waals surface area contributed by atoms with Crippen LogP contribution in [-0.4, -0.2) is 18.3 Å². The summed E-state index contributed by atoms with van der Waals surface area (Å²) in [6.07, 6.45) is 0. The number of ether oxygens (including phenoxy) is 1. The van der Waals surface area contributed by atoms with Gasteiger partial charge in [0.25, 0.3) is 0 Å². The number of hydrogen-bond donors (Lipinski definition) is 0. The molecular formula is C20H24BFO3. The van der Waals surface area contributed by atoms with E-state index >= 15 is 0 Å². The van der Waals surface area contributed by atoms with Crippen molar-refractivity contribution in [1.29, 1.82) is 0 Å². The maximum Gasteiger partial charge on any atom is 0.497 e. The lowest BCUT2D eigenvalue weighted by Crippen LogP contribution is -2.41. The first-order chi connectivity index (χ1) is 11.7. The number of benzene rings is 2. The maximum absolute atomic E-state index is 14.6. The van der Waals surface area contributed by atoms with Crippen molar-refractivity contribution < 1.29 is 18.4 Å². The van der Waals surface area contributed by atoms with Gasteiger partial charge in [-0.1, -0.05) is 30.3 Å². The van der Waals surface area contributed by atoms with E-state index in [1.165, 1.54) is 6.07 Å². The molecule has 0 amide bonds. The molecule has 0 aliphatic carbocycles. The molecule has 1 aliphatic heterocycles. The Hall–Kier alpha value is -1.85. The van der Waals surface area contributed by atoms with Crippen LogP contribution in [0.15, 0.2) is 42.5 Å². The number of hydrogen-bond acceptors (Lipinski definition) is 3. The fourth-order valence-electron chi connectivity index (χ4n) is 2.69. The van der Waals surface area contributed by atoms with Crippen LogP contribution in [0.4, 0.5) is 4.39 Å². The quantitative estimate of drug-likeness (QED) is 0.786. The van der Waals surface area contributed by atoms with E-state index in [0.29, 0.717) is 17.8 Å². The van der Waals surface area contributed by atoms with Gasteiger partial charge in [-0.2, -0.15) is 0 Å². The number of halogens is 1. The van der Waals surface area contributed by atoms with Gasteiger partial charge in [0.15, 0.2) is 0 Å². The molecule has 0 spiro atoms. The summed E-state index contributed by atoms with van der Waals surface area (Å²) in [5, 5.41) is 0. The first-order valence-corrected chi connectivity index (χ1v) is 8.52. The third-order valence-electron chi connectivity index (χ3n) is 5.13. The Morgan fingerprint density at radius 1 is 1.00 bits per heavy atom. The molecule has 5 heteroatoms. The van der Waals surface area contributed by atoms with Crippen LogP contribution in [0.2, 0.25) is 0 Å². The fraction of sp³-hybridized carbons (Fsp3) is 0.400. The lowest BCUT2D eigenvalue weighted by molar-refractivity contribution is 0.00578. The summed E-state index contributed by atoms with van der Waals surface area (Å²) in [4.78, 5) is 0. The summed E-state index contributed by atoms with van der Waals surface area (Å²) in [5.41, 5.74) is 1.63. The van der Waals surface area contributed by atoms with Crippen molar-refractivity contribution in [3.63, 3.8) is 0 Å². The van der Waals surface area contributed by atoms with Gasteiger partial charge in [-0.05, 0) is 51.8 Å². The molecule has 1 aliphatic rings. The Labute approximate surface area is 149 Å². The minimum atomic E-state index is -0.713. The molecule has 0 N–H and O–H groups in total. The molecule has 3 rings (SSSR count). The zero-order chi connectivity index (χ0) is 18.2. The highest BCUT2D eigenvalue weighted by atomic mass is 19.1. The Bertz CT molecular complexity index is 757. The molecule has 0 saturated carbocycles. The van der Waals surface area contributed by atoms with Crippen molar-refractivity contribution in [2.75, 3.05) is 0 Å². The standard InChI is InChI=1S/C20H24BFO3/c1-14-8-6-7-9-15(14)13-23-16-10-11-17(18(22)12-16)21-24-19(2,3)20(4,5)25-21/h6-12H,13H2,1-5H3. The maximum atomic E-state index is 14.6. The van der Waals surface area contributed by atoms with E-state index in [1.807, 2.05) is 58.9 Å². The summed E-state index contributed by atoms with van der Waals surface area (Å²) in [5.74, 6) is 0.0989. The highest BCUT2D eigenvalue weighted by Gasteiger charge is 2.52. The van der Waals surface area contributed by atoms with Gasteiger partial charge in [-0.25, -0.2) is 4.39 Å². The summed E-state index contributed by atoms with van der Waals surface area (Å²) >= 11 is 0. The topological polar surface area (TPSA) is 27.7 Å². The van der Waals surface area contributed by atoms with Crippen LogP contribution >= 0.6 is 0 Å². The minimum Gasteiger partial charge on any atom is -0.489 e. The number of aryl methyl sites for hydroxylation is 1. The minimum absolute atomic E-state index is 0.388. The average Bonchev–Trinajstić information content (AvgIpc) is 2.74. The highest BCUT2D eigenvalue weighted by Crippen LogP contribution is 2.36. The molecule has 2 aromatic carbocycles. The largest absolute Gasteiger partial charge is 0.497 e. The molecule has 0 atom stereocenters. The van der Waals surface area contributed by atoms with Gasteiger partial charge in [-0.15, -0.1) is 0 Å². The Morgan fingerprint density at radius 2 is 1.64 bits per heavy atom. The first kappa shape index (κ1) is 18.0. The van der Waals surface area contributed by atoms with Crippen molar-refractivity contribution in [2.24, 2.45) is 0 Å². The van der Waals surface area contributed by atoms with Crippen molar-refractivity contribution in [3.8, 4) is 5.75 Å². The lowest BCUT2D eigenvalue weighted by atomic mass is 9.78. The summed E-state index contributed by atoms with van der Waals surface area (Å²) in [6.45, 7) is 10.2. The summed E-state index contributed by atoms with van der Waals surface area (Å²) < 4.78 is 32.1. The van der Waals surface area contributed by atoms with Crippen molar-refractivity contribution in [2.45, 2.75) is 52.4 Å². The van der Waals surface area contributed by atoms with Crippen molar-refractivity contribution >= 4 is 12.6 Å². The van der Waals surface area contributed by atoms with E-state index < -0.39 is 18.3 Å². The third kappa shape index (κ3) is 3.58. The van der Waals surface area contributed by atoms with E-state index in [1.54, 1.807) is 12.1 Å². The van der Waals surface area contributed by atoms with Crippen LogP contribution in [-0.2, 0) is 15.9 Å². The average molecular weight is 342 g/mol. The first-order valence-electron chi connectivity index (χ1n) is 8.52. The zero-order valence-electron chi connectivity index (χ0n) is 15.4. The molecule has 0 aromatic heterocycles. The van der Waals surface area contributed by atoms with Crippen molar-refractivity contribution in [3.05, 3.63) is 59.4 Å². The van der Waals surface area contributed by atoms with E-state index in [4.69, 9.17) is 14.0 Å². The van der Waals surface area contributed by atoms with Crippen LogP contribution in [0.25, 0.3) is 0 Å². The van der Waals surface area contributed by atoms with Gasteiger partial charge in [0.1, 0.15) is 18.2 Å². The highest BCUT2D eigenvalue weighted by molar-refractivity contribution is 6.62. The van der Waals surface area contributed by atoms with E-state index in [2.05, 4.69) is 0 Å². The molecule has 0 bridgehead atoms. The van der Waals surface area contributed by atoms with Crippen LogP contribution in [0.3, 0.4) is 0 Å². The van der Waals surface area contributed by atoms with E-state index in [0.717, 1.165) is 11.1 Å². The lowest BCUT2D eigenvalue weighted by Gasteiger charge is -2.32. The molecular weight excluding hydrogens is 318 g/mol. The van der Waals surface area contributed by atoms with Gasteiger partial charge < -0.3 is 14.0 Å². The van der Waals surface area contributed by atoms with E-state index in [-0.39, 0.29) is 5.82 Å². The Morgan fingerprint density at radius 3 is 2.24 bits per heavy atom. The van der Waals surface area contributed by atoms with E-state index in [9.17, 15) is 4.39 Å². The second-order valence-corrected chi connectivity index (χ2v) is 7.49. The molecule has 0 radical (unpaired) electrons. The van der Waals surface area contributed by atoms with Crippen LogP contribution in [0.1, 0.15) is 38.8 Å². The van der Waals surface area contributed by atoms with Gasteiger partial charge >= 0.3 is 7.12 Å². The SMILES string of the molecule is Cc1ccccc1COc1ccc(B2OC(C)(C)C(C)(C)O2)c(F)c1. The third-order valence-corrected chi connectivity index (χ3v) is 5.13. The zero-order valence-corrected chi connectivity index (χ0v) is 15.4. The Balaban J connectivity index is 1.73. The fourth-order valence-corrected chi connectivity index (χ4v) is 2.69. The predicted molar refractivity (Wildman–Crippen MR) is 97.6 cm³/mol. The molecule has 0 unspecified atom stereocenters. The normalized spacial score (nSPS) is 18.4. The Kier molecular flexibility index (Phi) is 4.65. The molecule has 1 fully saturated rings. The number of rotatable bonds is 4. The van der Waals surface area contributed by atoms with Gasteiger partial charge in [0, 0.05) is 11.5 Å². The monoisotopic (exact) mass is 342 g/mol. The second kappa shape index (κ2) is 6.47. The van der Waals surface area contributed by atoms with Gasteiger partial charge in [0.05, 0.1) is 11.2 Å².